The average molecular weight is 258 g/mol. The molecule has 2 amide bonds. The molecule has 1 aliphatic heterocycles. The molecular weight excluding hydrogens is 239 g/mol. The number of rotatable bonds is 2. The van der Waals surface area contributed by atoms with Crippen LogP contribution in [0.4, 0.5) is 9.18 Å². The Morgan fingerprint density at radius 1 is 1.33 bits per heavy atom. The van der Waals surface area contributed by atoms with Gasteiger partial charge in [-0.25, -0.2) is 9.18 Å². The highest BCUT2D eigenvalue weighted by molar-refractivity contribution is 5.83. The SMILES string of the molecule is CC(C)(C)OC(=O)NC1CN(C(=O)[C@@H]2C[C@@H]2F)C1. The van der Waals surface area contributed by atoms with E-state index in [1.54, 1.807) is 25.7 Å². The third-order valence-electron chi connectivity index (χ3n) is 2.94. The molecule has 6 heteroatoms. The Kier molecular flexibility index (Phi) is 3.21. The van der Waals surface area contributed by atoms with Gasteiger partial charge in [0.1, 0.15) is 11.8 Å². The van der Waals surface area contributed by atoms with Crippen molar-refractivity contribution >= 4 is 12.0 Å². The van der Waals surface area contributed by atoms with Gasteiger partial charge in [0.15, 0.2) is 0 Å². The predicted molar refractivity (Wildman–Crippen MR) is 62.7 cm³/mol. The van der Waals surface area contributed by atoms with Crippen molar-refractivity contribution in [3.63, 3.8) is 0 Å². The van der Waals surface area contributed by atoms with E-state index in [2.05, 4.69) is 5.32 Å². The normalized spacial score (nSPS) is 27.4. The molecule has 2 atom stereocenters. The highest BCUT2D eigenvalue weighted by Gasteiger charge is 2.48. The maximum absolute atomic E-state index is 12.7. The van der Waals surface area contributed by atoms with Gasteiger partial charge in [-0.3, -0.25) is 4.79 Å². The maximum atomic E-state index is 12.7. The Hall–Kier alpha value is -1.33. The van der Waals surface area contributed by atoms with Gasteiger partial charge in [-0.2, -0.15) is 0 Å². The minimum absolute atomic E-state index is 0.0828. The van der Waals surface area contributed by atoms with Crippen molar-refractivity contribution in [1.82, 2.24) is 10.2 Å². The molecule has 0 aromatic heterocycles. The number of carbonyl (C=O) groups excluding carboxylic acids is 2. The summed E-state index contributed by atoms with van der Waals surface area (Å²) in [5.74, 6) is -0.572. The van der Waals surface area contributed by atoms with Gasteiger partial charge in [0.25, 0.3) is 0 Å². The van der Waals surface area contributed by atoms with Crippen LogP contribution in [0.3, 0.4) is 0 Å². The summed E-state index contributed by atoms with van der Waals surface area (Å²) in [5, 5.41) is 2.68. The molecule has 1 heterocycles. The fraction of sp³-hybridized carbons (Fsp3) is 0.833. The van der Waals surface area contributed by atoms with Gasteiger partial charge >= 0.3 is 6.09 Å². The van der Waals surface area contributed by atoms with Crippen molar-refractivity contribution < 1.29 is 18.7 Å². The first-order chi connectivity index (χ1) is 8.26. The smallest absolute Gasteiger partial charge is 0.407 e. The lowest BCUT2D eigenvalue weighted by atomic mass is 10.1. The van der Waals surface area contributed by atoms with E-state index in [0.29, 0.717) is 19.5 Å². The Morgan fingerprint density at radius 3 is 2.33 bits per heavy atom. The summed E-state index contributed by atoms with van der Waals surface area (Å²) < 4.78 is 17.8. The molecule has 18 heavy (non-hydrogen) atoms. The van der Waals surface area contributed by atoms with E-state index in [1.165, 1.54) is 0 Å². The van der Waals surface area contributed by atoms with Gasteiger partial charge < -0.3 is 15.0 Å². The predicted octanol–water partition coefficient (Wildman–Crippen LogP) is 1.08. The van der Waals surface area contributed by atoms with Gasteiger partial charge in [0.05, 0.1) is 12.0 Å². The highest BCUT2D eigenvalue weighted by atomic mass is 19.1. The molecule has 0 bridgehead atoms. The van der Waals surface area contributed by atoms with Gasteiger partial charge in [-0.15, -0.1) is 0 Å². The molecule has 0 radical (unpaired) electrons. The number of halogens is 1. The van der Waals surface area contributed by atoms with Crippen LogP contribution in [0.5, 0.6) is 0 Å². The standard InChI is InChI=1S/C12H19FN2O3/c1-12(2,3)18-11(17)14-7-5-15(6-7)10(16)8-4-9(8)13/h7-9H,4-6H2,1-3H3,(H,14,17)/t8-,9+/m1/s1. The largest absolute Gasteiger partial charge is 0.444 e. The Labute approximate surface area is 106 Å². The van der Waals surface area contributed by atoms with E-state index in [9.17, 15) is 14.0 Å². The van der Waals surface area contributed by atoms with Gasteiger partial charge in [0, 0.05) is 13.1 Å². The summed E-state index contributed by atoms with van der Waals surface area (Å²) in [6.07, 6.45) is -1.09. The molecule has 0 aromatic carbocycles. The number of alkyl halides is 1. The molecule has 1 saturated heterocycles. The maximum Gasteiger partial charge on any atom is 0.407 e. The van der Waals surface area contributed by atoms with Crippen LogP contribution in [-0.2, 0) is 9.53 Å². The van der Waals surface area contributed by atoms with Gasteiger partial charge in [0.2, 0.25) is 5.91 Å². The number of nitrogens with one attached hydrogen (secondary N) is 1. The molecule has 5 nitrogen and oxygen atoms in total. The van der Waals surface area contributed by atoms with Crippen molar-refractivity contribution in [2.24, 2.45) is 5.92 Å². The topological polar surface area (TPSA) is 58.6 Å². The zero-order valence-corrected chi connectivity index (χ0v) is 10.9. The third-order valence-corrected chi connectivity index (χ3v) is 2.94. The lowest BCUT2D eigenvalue weighted by Gasteiger charge is -2.39. The lowest BCUT2D eigenvalue weighted by Crippen LogP contribution is -2.61. The second-order valence-electron chi connectivity index (χ2n) is 5.94. The minimum Gasteiger partial charge on any atom is -0.444 e. The molecule has 0 spiro atoms. The van der Waals surface area contributed by atoms with E-state index >= 15 is 0 Å². The molecule has 2 aliphatic rings. The fourth-order valence-electron chi connectivity index (χ4n) is 1.88. The number of carbonyl (C=O) groups is 2. The third kappa shape index (κ3) is 3.11. The summed E-state index contributed by atoms with van der Waals surface area (Å²) in [6, 6.07) is -0.0828. The van der Waals surface area contributed by atoms with Crippen LogP contribution >= 0.6 is 0 Å². The monoisotopic (exact) mass is 258 g/mol. The van der Waals surface area contributed by atoms with Crippen LogP contribution in [0.15, 0.2) is 0 Å². The van der Waals surface area contributed by atoms with Crippen LogP contribution in [0.1, 0.15) is 27.2 Å². The van der Waals surface area contributed by atoms with Crippen molar-refractivity contribution in [1.29, 1.82) is 0 Å². The summed E-state index contributed by atoms with van der Waals surface area (Å²) in [6.45, 7) is 6.26. The summed E-state index contributed by atoms with van der Waals surface area (Å²) >= 11 is 0. The first kappa shape index (κ1) is 13.1. The number of likely N-dealkylation sites (tertiary alicyclic amines) is 1. The lowest BCUT2D eigenvalue weighted by molar-refractivity contribution is -0.137. The fourth-order valence-corrected chi connectivity index (χ4v) is 1.88. The number of amides is 2. The van der Waals surface area contributed by atoms with E-state index in [-0.39, 0.29) is 11.9 Å². The Morgan fingerprint density at radius 2 is 1.89 bits per heavy atom. The molecule has 1 aliphatic carbocycles. The number of nitrogens with zero attached hydrogens (tertiary/aromatic N) is 1. The van der Waals surface area contributed by atoms with Crippen molar-refractivity contribution in [3.05, 3.63) is 0 Å². The molecule has 102 valence electrons. The van der Waals surface area contributed by atoms with Crippen LogP contribution < -0.4 is 5.32 Å². The Balaban J connectivity index is 1.67. The van der Waals surface area contributed by atoms with Crippen LogP contribution in [-0.4, -0.2) is 47.8 Å². The zero-order chi connectivity index (χ0) is 13.5. The Bertz CT molecular complexity index is 361. The van der Waals surface area contributed by atoms with E-state index in [4.69, 9.17) is 4.74 Å². The molecule has 1 N–H and O–H groups in total. The molecular formula is C12H19FN2O3. The number of hydrogen-bond acceptors (Lipinski definition) is 3. The summed E-state index contributed by atoms with van der Waals surface area (Å²) in [4.78, 5) is 24.6. The minimum atomic E-state index is -0.963. The number of hydrogen-bond donors (Lipinski definition) is 1. The molecule has 1 saturated carbocycles. The molecule has 2 fully saturated rings. The first-order valence-corrected chi connectivity index (χ1v) is 6.18. The van der Waals surface area contributed by atoms with Gasteiger partial charge in [-0.1, -0.05) is 0 Å². The van der Waals surface area contributed by atoms with Crippen LogP contribution in [0.2, 0.25) is 0 Å². The number of alkyl carbamates (subject to hydrolysis) is 1. The van der Waals surface area contributed by atoms with Crippen LogP contribution in [0.25, 0.3) is 0 Å². The summed E-state index contributed by atoms with van der Waals surface area (Å²) in [7, 11) is 0. The van der Waals surface area contributed by atoms with Crippen molar-refractivity contribution in [2.75, 3.05) is 13.1 Å². The zero-order valence-electron chi connectivity index (χ0n) is 10.9. The second kappa shape index (κ2) is 4.40. The molecule has 2 rings (SSSR count). The van der Waals surface area contributed by atoms with Gasteiger partial charge in [-0.05, 0) is 27.2 Å². The first-order valence-electron chi connectivity index (χ1n) is 6.18. The van der Waals surface area contributed by atoms with E-state index in [1.807, 2.05) is 0 Å². The van der Waals surface area contributed by atoms with E-state index in [0.717, 1.165) is 0 Å². The molecule has 0 unspecified atom stereocenters. The molecule has 0 aromatic rings. The number of ether oxygens (including phenoxy) is 1. The summed E-state index contributed by atoms with van der Waals surface area (Å²) in [5.41, 5.74) is -0.529. The second-order valence-corrected chi connectivity index (χ2v) is 5.94. The quantitative estimate of drug-likeness (QED) is 0.806. The van der Waals surface area contributed by atoms with Crippen LogP contribution in [0, 0.1) is 5.92 Å². The highest BCUT2D eigenvalue weighted by Crippen LogP contribution is 2.36. The van der Waals surface area contributed by atoms with Crippen molar-refractivity contribution in [3.8, 4) is 0 Å². The van der Waals surface area contributed by atoms with E-state index < -0.39 is 23.8 Å². The average Bonchev–Trinajstić information content (AvgIpc) is 2.84. The van der Waals surface area contributed by atoms with Crippen molar-refractivity contribution in [2.45, 2.75) is 45.0 Å².